The van der Waals surface area contributed by atoms with Gasteiger partial charge in [-0.1, -0.05) is 57.2 Å². The average Bonchev–Trinajstić information content (AvgIpc) is 2.95. The van der Waals surface area contributed by atoms with E-state index < -0.39 is 49.7 Å². The molecule has 40 heavy (non-hydrogen) atoms. The molecule has 218 valence electrons. The zero-order chi connectivity index (χ0) is 29.4. The number of benzene rings is 3. The highest BCUT2D eigenvalue weighted by atomic mass is 32.2. The zero-order valence-corrected chi connectivity index (χ0v) is 25.1. The van der Waals surface area contributed by atoms with Crippen molar-refractivity contribution in [1.82, 2.24) is 0 Å². The number of hydrogen-bond acceptors (Lipinski definition) is 9. The summed E-state index contributed by atoms with van der Waals surface area (Å²) in [5, 5.41) is 0. The van der Waals surface area contributed by atoms with E-state index in [9.17, 15) is 25.3 Å². The number of hydrogen-bond donors (Lipinski definition) is 0. The third-order valence-electron chi connectivity index (χ3n) is 6.21. The van der Waals surface area contributed by atoms with Crippen LogP contribution in [0.5, 0.6) is 0 Å². The van der Waals surface area contributed by atoms with E-state index >= 15 is 0 Å². The second-order valence-corrected chi connectivity index (χ2v) is 13.8. The van der Waals surface area contributed by atoms with Crippen LogP contribution in [0.2, 0.25) is 0 Å². The SMILES string of the molecule is CCc1ccc(S(=O)(=O)OCCC(COS(=O)(=O)c2ccc(CC)cc2)OS(=O)(=O)c2ccc(CC)cc2)cc1. The van der Waals surface area contributed by atoms with Crippen LogP contribution < -0.4 is 0 Å². The van der Waals surface area contributed by atoms with Crippen molar-refractivity contribution in [2.75, 3.05) is 13.2 Å². The zero-order valence-electron chi connectivity index (χ0n) is 22.6. The average molecular weight is 611 g/mol. The topological polar surface area (TPSA) is 130 Å². The quantitative estimate of drug-likeness (QED) is 0.226. The van der Waals surface area contributed by atoms with Crippen LogP contribution in [0, 0.1) is 0 Å². The maximum absolute atomic E-state index is 13.0. The van der Waals surface area contributed by atoms with Crippen molar-refractivity contribution < 1.29 is 37.8 Å². The molecule has 1 unspecified atom stereocenters. The highest BCUT2D eigenvalue weighted by Gasteiger charge is 2.26. The smallest absolute Gasteiger partial charge is 0.266 e. The molecule has 0 spiro atoms. The summed E-state index contributed by atoms with van der Waals surface area (Å²) in [5.41, 5.74) is 2.81. The molecule has 0 amide bonds. The first-order valence-corrected chi connectivity index (χ1v) is 17.1. The molecule has 0 aromatic heterocycles. The molecule has 0 aliphatic carbocycles. The molecule has 0 aliphatic heterocycles. The minimum absolute atomic E-state index is 0.0554. The lowest BCUT2D eigenvalue weighted by Gasteiger charge is -2.18. The summed E-state index contributed by atoms with van der Waals surface area (Å²) in [6.45, 7) is 4.64. The molecule has 3 aromatic rings. The van der Waals surface area contributed by atoms with Gasteiger partial charge in [0, 0.05) is 6.42 Å². The van der Waals surface area contributed by atoms with Crippen LogP contribution in [-0.4, -0.2) is 44.6 Å². The second kappa shape index (κ2) is 13.8. The molecule has 3 aromatic carbocycles. The molecule has 0 aliphatic rings. The minimum Gasteiger partial charge on any atom is -0.266 e. The number of rotatable bonds is 15. The van der Waals surface area contributed by atoms with E-state index in [1.54, 1.807) is 36.4 Å². The van der Waals surface area contributed by atoms with Crippen molar-refractivity contribution in [2.24, 2.45) is 0 Å². The molecule has 0 heterocycles. The van der Waals surface area contributed by atoms with Crippen molar-refractivity contribution in [3.05, 3.63) is 89.5 Å². The fourth-order valence-corrected chi connectivity index (χ4v) is 6.61. The Bertz CT molecular complexity index is 1560. The van der Waals surface area contributed by atoms with Crippen molar-refractivity contribution in [1.29, 1.82) is 0 Å². The van der Waals surface area contributed by atoms with E-state index in [-0.39, 0.29) is 21.1 Å². The lowest BCUT2D eigenvalue weighted by atomic mass is 10.2. The van der Waals surface area contributed by atoms with Gasteiger partial charge in [-0.05, 0) is 72.4 Å². The highest BCUT2D eigenvalue weighted by molar-refractivity contribution is 7.87. The standard InChI is InChI=1S/C28H34O9S3/c1-4-22-7-13-26(14-8-22)38(29,30)35-20-19-25(37-40(33,34)28-17-11-24(6-3)12-18-28)21-36-39(31,32)27-15-9-23(5-2)10-16-27/h7-18,25H,4-6,19-21H2,1-3H3. The molecule has 0 radical (unpaired) electrons. The van der Waals surface area contributed by atoms with Crippen LogP contribution in [0.15, 0.2) is 87.5 Å². The maximum atomic E-state index is 13.0. The molecule has 12 heteroatoms. The summed E-state index contributed by atoms with van der Waals surface area (Å²) in [6, 6.07) is 18.4. The fraction of sp³-hybridized carbons (Fsp3) is 0.357. The van der Waals surface area contributed by atoms with Gasteiger partial charge in [-0.25, -0.2) is 0 Å². The van der Waals surface area contributed by atoms with Crippen molar-refractivity contribution in [3.8, 4) is 0 Å². The van der Waals surface area contributed by atoms with Crippen molar-refractivity contribution >= 4 is 30.4 Å². The van der Waals surface area contributed by atoms with Gasteiger partial charge >= 0.3 is 0 Å². The van der Waals surface area contributed by atoms with Crippen molar-refractivity contribution in [3.63, 3.8) is 0 Å². The molecule has 9 nitrogen and oxygen atoms in total. The van der Waals surface area contributed by atoms with Gasteiger partial charge < -0.3 is 0 Å². The van der Waals surface area contributed by atoms with Crippen LogP contribution in [0.3, 0.4) is 0 Å². The van der Waals surface area contributed by atoms with Gasteiger partial charge in [-0.2, -0.15) is 25.3 Å². The predicted octanol–water partition coefficient (Wildman–Crippen LogP) is 4.65. The Labute approximate surface area is 237 Å². The second-order valence-electron chi connectivity index (χ2n) is 8.97. The summed E-state index contributed by atoms with van der Waals surface area (Å²) in [4.78, 5) is -0.284. The Kier molecular flexibility index (Phi) is 11.0. The van der Waals surface area contributed by atoms with Gasteiger partial charge in [-0.15, -0.1) is 0 Å². The monoisotopic (exact) mass is 610 g/mol. The van der Waals surface area contributed by atoms with Crippen molar-refractivity contribution in [2.45, 2.75) is 67.2 Å². The number of aryl methyl sites for hydroxylation is 3. The van der Waals surface area contributed by atoms with Crippen LogP contribution >= 0.6 is 0 Å². The Balaban J connectivity index is 1.76. The lowest BCUT2D eigenvalue weighted by Crippen LogP contribution is -2.27. The highest BCUT2D eigenvalue weighted by Crippen LogP contribution is 2.21. The van der Waals surface area contributed by atoms with Gasteiger partial charge in [-0.3, -0.25) is 12.5 Å². The van der Waals surface area contributed by atoms with Crippen LogP contribution in [0.25, 0.3) is 0 Å². The first-order chi connectivity index (χ1) is 18.9. The Morgan fingerprint density at radius 1 is 0.525 bits per heavy atom. The molecule has 0 bridgehead atoms. The molecule has 0 saturated heterocycles. The first kappa shape index (κ1) is 31.9. The Morgan fingerprint density at radius 2 is 0.875 bits per heavy atom. The summed E-state index contributed by atoms with van der Waals surface area (Å²) in [5.74, 6) is 0. The van der Waals surface area contributed by atoms with Gasteiger partial charge in [0.2, 0.25) is 0 Å². The van der Waals surface area contributed by atoms with Gasteiger partial charge in [0.25, 0.3) is 30.4 Å². The van der Waals surface area contributed by atoms with Gasteiger partial charge in [0.1, 0.15) is 6.10 Å². The Morgan fingerprint density at radius 3 is 1.25 bits per heavy atom. The van der Waals surface area contributed by atoms with Gasteiger partial charge in [0.05, 0.1) is 27.9 Å². The molecular weight excluding hydrogens is 577 g/mol. The largest absolute Gasteiger partial charge is 0.297 e. The third-order valence-corrected chi connectivity index (χ3v) is 10.2. The van der Waals surface area contributed by atoms with E-state index in [1.807, 2.05) is 20.8 Å². The molecule has 3 rings (SSSR count). The molecular formula is C28H34O9S3. The lowest BCUT2D eigenvalue weighted by molar-refractivity contribution is 0.114. The van der Waals surface area contributed by atoms with E-state index in [1.165, 1.54) is 36.4 Å². The van der Waals surface area contributed by atoms with Crippen LogP contribution in [0.4, 0.5) is 0 Å². The summed E-state index contributed by atoms with van der Waals surface area (Å²) < 4.78 is 92.3. The summed E-state index contributed by atoms with van der Waals surface area (Å²) in [7, 11) is -12.7. The van der Waals surface area contributed by atoms with E-state index in [4.69, 9.17) is 12.5 Å². The Hall–Kier alpha value is -2.61. The van der Waals surface area contributed by atoms with Crippen LogP contribution in [-0.2, 0) is 62.2 Å². The first-order valence-electron chi connectivity index (χ1n) is 12.9. The summed E-state index contributed by atoms with van der Waals surface area (Å²) >= 11 is 0. The molecule has 0 N–H and O–H groups in total. The minimum atomic E-state index is -4.33. The molecule has 1 atom stereocenters. The van der Waals surface area contributed by atoms with Gasteiger partial charge in [0.15, 0.2) is 0 Å². The van der Waals surface area contributed by atoms with E-state index in [0.717, 1.165) is 29.5 Å². The fourth-order valence-electron chi connectivity index (χ4n) is 3.66. The van der Waals surface area contributed by atoms with E-state index in [0.29, 0.717) is 6.42 Å². The maximum Gasteiger partial charge on any atom is 0.297 e. The summed E-state index contributed by atoms with van der Waals surface area (Å²) in [6.07, 6.45) is 0.518. The van der Waals surface area contributed by atoms with E-state index in [2.05, 4.69) is 0 Å². The van der Waals surface area contributed by atoms with Crippen LogP contribution in [0.1, 0.15) is 43.9 Å². The molecule has 0 fully saturated rings. The molecule has 0 saturated carbocycles. The third kappa shape index (κ3) is 8.69. The predicted molar refractivity (Wildman–Crippen MR) is 150 cm³/mol. The normalized spacial score (nSPS) is 13.3.